The van der Waals surface area contributed by atoms with Crippen molar-refractivity contribution in [2.75, 3.05) is 18.6 Å². The average Bonchev–Trinajstić information content (AvgIpc) is 2.81. The molecule has 0 aliphatic heterocycles. The van der Waals surface area contributed by atoms with E-state index < -0.39 is 19.9 Å². The average molecular weight is 335 g/mol. The second kappa shape index (κ2) is 5.72. The molecule has 0 unspecified atom stereocenters. The Labute approximate surface area is 121 Å². The van der Waals surface area contributed by atoms with Gasteiger partial charge in [-0.25, -0.2) is 21.6 Å². The normalized spacial score (nSPS) is 12.8. The molecule has 0 radical (unpaired) electrons. The summed E-state index contributed by atoms with van der Waals surface area (Å²) in [4.78, 5) is 0.0584. The van der Waals surface area contributed by atoms with Crippen LogP contribution in [0, 0.1) is 0 Å². The van der Waals surface area contributed by atoms with Gasteiger partial charge in [0.05, 0.1) is 17.5 Å². The highest BCUT2D eigenvalue weighted by Gasteiger charge is 2.19. The van der Waals surface area contributed by atoms with E-state index in [4.69, 9.17) is 0 Å². The third-order valence-corrected chi connectivity index (χ3v) is 5.59. The van der Waals surface area contributed by atoms with Crippen molar-refractivity contribution in [2.45, 2.75) is 11.3 Å². The molecule has 110 valence electrons. The van der Waals surface area contributed by atoms with Gasteiger partial charge in [0.2, 0.25) is 10.0 Å². The van der Waals surface area contributed by atoms with Crippen molar-refractivity contribution in [1.29, 1.82) is 0 Å². The van der Waals surface area contributed by atoms with Crippen LogP contribution in [-0.2, 0) is 19.9 Å². The second-order valence-corrected chi connectivity index (χ2v) is 8.79. The van der Waals surface area contributed by atoms with Crippen LogP contribution >= 0.6 is 11.7 Å². The summed E-state index contributed by atoms with van der Waals surface area (Å²) in [5.41, 5.74) is 0.849. The first-order valence-electron chi connectivity index (χ1n) is 5.68. The van der Waals surface area contributed by atoms with Gasteiger partial charge in [-0.1, -0.05) is 6.07 Å². The Kier molecular flexibility index (Phi) is 4.37. The summed E-state index contributed by atoms with van der Waals surface area (Å²) in [5, 5.41) is 0. The summed E-state index contributed by atoms with van der Waals surface area (Å²) in [6, 6.07) is 4.72. The van der Waals surface area contributed by atoms with Crippen molar-refractivity contribution in [3.8, 4) is 0 Å². The minimum Gasteiger partial charge on any atom is -0.229 e. The third kappa shape index (κ3) is 3.72. The van der Waals surface area contributed by atoms with E-state index >= 15 is 0 Å². The highest BCUT2D eigenvalue weighted by atomic mass is 32.2. The van der Waals surface area contributed by atoms with Crippen LogP contribution in [0.3, 0.4) is 0 Å². The molecule has 1 aromatic heterocycles. The van der Waals surface area contributed by atoms with Gasteiger partial charge >= 0.3 is 0 Å². The molecule has 0 saturated carbocycles. The third-order valence-electron chi connectivity index (χ3n) is 2.52. The lowest BCUT2D eigenvalue weighted by Crippen LogP contribution is -2.26. The van der Waals surface area contributed by atoms with Gasteiger partial charge in [0.1, 0.15) is 25.8 Å². The number of sulfonamides is 1. The Morgan fingerprint density at radius 3 is 2.65 bits per heavy atom. The molecule has 0 aliphatic carbocycles. The van der Waals surface area contributed by atoms with Crippen molar-refractivity contribution in [1.82, 2.24) is 13.5 Å². The number of aromatic nitrogens is 2. The van der Waals surface area contributed by atoms with E-state index in [0.29, 0.717) is 11.0 Å². The number of hydrogen-bond acceptors (Lipinski definition) is 7. The topological polar surface area (TPSA) is 106 Å². The summed E-state index contributed by atoms with van der Waals surface area (Å²) in [7, 11) is -6.80. The first-order valence-corrected chi connectivity index (χ1v) is 9.96. The SMILES string of the molecule is CS(=O)(=O)CCCNS(=O)(=O)c1cccc2nsnc12. The van der Waals surface area contributed by atoms with E-state index in [0.717, 1.165) is 18.0 Å². The Bertz CT molecular complexity index is 811. The van der Waals surface area contributed by atoms with Crippen LogP contribution in [0.15, 0.2) is 23.1 Å². The number of hydrogen-bond donors (Lipinski definition) is 1. The summed E-state index contributed by atoms with van der Waals surface area (Å²) in [6.45, 7) is 0.0589. The molecule has 0 amide bonds. The number of nitrogens with one attached hydrogen (secondary N) is 1. The van der Waals surface area contributed by atoms with Gasteiger partial charge in [-0.05, 0) is 18.6 Å². The fourth-order valence-corrected chi connectivity index (χ4v) is 4.12. The zero-order valence-electron chi connectivity index (χ0n) is 10.6. The van der Waals surface area contributed by atoms with Gasteiger partial charge in [-0.15, -0.1) is 0 Å². The molecule has 0 bridgehead atoms. The highest BCUT2D eigenvalue weighted by Crippen LogP contribution is 2.20. The van der Waals surface area contributed by atoms with Crippen LogP contribution in [0.1, 0.15) is 6.42 Å². The number of sulfone groups is 1. The Morgan fingerprint density at radius 1 is 1.20 bits per heavy atom. The molecular weight excluding hydrogens is 322 g/mol. The molecule has 0 spiro atoms. The molecule has 0 saturated heterocycles. The Morgan fingerprint density at radius 2 is 1.95 bits per heavy atom. The largest absolute Gasteiger partial charge is 0.242 e. The molecule has 7 nitrogen and oxygen atoms in total. The smallest absolute Gasteiger partial charge is 0.229 e. The van der Waals surface area contributed by atoms with Gasteiger partial charge in [-0.3, -0.25) is 0 Å². The maximum absolute atomic E-state index is 12.1. The van der Waals surface area contributed by atoms with Gasteiger partial charge in [-0.2, -0.15) is 8.75 Å². The monoisotopic (exact) mass is 335 g/mol. The first-order chi connectivity index (χ1) is 9.30. The van der Waals surface area contributed by atoms with Gasteiger partial charge in [0.15, 0.2) is 0 Å². The molecule has 0 fully saturated rings. The van der Waals surface area contributed by atoms with E-state index in [2.05, 4.69) is 13.5 Å². The van der Waals surface area contributed by atoms with Crippen LogP contribution in [0.25, 0.3) is 11.0 Å². The van der Waals surface area contributed by atoms with Crippen molar-refractivity contribution in [2.24, 2.45) is 0 Å². The standard InChI is InChI=1S/C10H13N3O4S3/c1-19(14,15)7-3-6-11-20(16,17)9-5-2-4-8-10(9)13-18-12-8/h2,4-5,11H,3,6-7H2,1H3. The molecule has 1 N–H and O–H groups in total. The van der Waals surface area contributed by atoms with Gasteiger partial charge in [0, 0.05) is 12.8 Å². The quantitative estimate of drug-likeness (QED) is 0.766. The fraction of sp³-hybridized carbons (Fsp3) is 0.400. The highest BCUT2D eigenvalue weighted by molar-refractivity contribution is 7.90. The number of fused-ring (bicyclic) bond motifs is 1. The molecule has 20 heavy (non-hydrogen) atoms. The fourth-order valence-electron chi connectivity index (χ4n) is 1.62. The Hall–Kier alpha value is -1.10. The molecule has 0 atom stereocenters. The van der Waals surface area contributed by atoms with Gasteiger partial charge < -0.3 is 0 Å². The zero-order valence-corrected chi connectivity index (χ0v) is 13.1. The minimum atomic E-state index is -3.72. The molecule has 1 aromatic carbocycles. The number of nitrogens with zero attached hydrogens (tertiary/aromatic N) is 2. The molecule has 0 aliphatic rings. The molecule has 2 aromatic rings. The number of benzene rings is 1. The van der Waals surface area contributed by atoms with Crippen molar-refractivity contribution >= 4 is 42.6 Å². The van der Waals surface area contributed by atoms with Crippen LogP contribution < -0.4 is 4.72 Å². The molecule has 1 heterocycles. The van der Waals surface area contributed by atoms with E-state index in [1.165, 1.54) is 6.07 Å². The summed E-state index contributed by atoms with van der Waals surface area (Å²) in [6.07, 6.45) is 1.34. The molecular formula is C10H13N3O4S3. The van der Waals surface area contributed by atoms with E-state index in [1.807, 2.05) is 0 Å². The summed E-state index contributed by atoms with van der Waals surface area (Å²) < 4.78 is 56.6. The van der Waals surface area contributed by atoms with Crippen molar-refractivity contribution in [3.05, 3.63) is 18.2 Å². The lowest BCUT2D eigenvalue weighted by molar-refractivity contribution is 0.578. The predicted octanol–water partition coefficient (Wildman–Crippen LogP) is 0.404. The van der Waals surface area contributed by atoms with Crippen molar-refractivity contribution < 1.29 is 16.8 Å². The van der Waals surface area contributed by atoms with Crippen LogP contribution in [-0.4, -0.2) is 44.1 Å². The lowest BCUT2D eigenvalue weighted by atomic mass is 10.3. The maximum atomic E-state index is 12.1. The first kappa shape index (κ1) is 15.3. The van der Waals surface area contributed by atoms with Crippen LogP contribution in [0.4, 0.5) is 0 Å². The van der Waals surface area contributed by atoms with Crippen LogP contribution in [0.2, 0.25) is 0 Å². The minimum absolute atomic E-state index is 0.0576. The zero-order chi connectivity index (χ0) is 14.8. The van der Waals surface area contributed by atoms with E-state index in [-0.39, 0.29) is 23.6 Å². The molecule has 2 rings (SSSR count). The second-order valence-electron chi connectivity index (χ2n) is 4.27. The van der Waals surface area contributed by atoms with E-state index in [1.54, 1.807) is 12.1 Å². The summed E-state index contributed by atoms with van der Waals surface area (Å²) >= 11 is 0.943. The predicted molar refractivity (Wildman–Crippen MR) is 76.9 cm³/mol. The summed E-state index contributed by atoms with van der Waals surface area (Å²) in [5.74, 6) is -0.0576. The van der Waals surface area contributed by atoms with Crippen molar-refractivity contribution in [3.63, 3.8) is 0 Å². The lowest BCUT2D eigenvalue weighted by Gasteiger charge is -2.06. The van der Waals surface area contributed by atoms with Gasteiger partial charge in [0.25, 0.3) is 0 Å². The molecule has 10 heteroatoms. The van der Waals surface area contributed by atoms with Crippen LogP contribution in [0.5, 0.6) is 0 Å². The number of rotatable bonds is 6. The van der Waals surface area contributed by atoms with E-state index in [9.17, 15) is 16.8 Å². The Balaban J connectivity index is 2.13. The maximum Gasteiger partial charge on any atom is 0.242 e.